The number of aliphatic hydroxyl groups excluding tert-OH is 1. The molecule has 1 aromatic carbocycles. The van der Waals surface area contributed by atoms with Crippen LogP contribution >= 0.6 is 11.8 Å². The van der Waals surface area contributed by atoms with Crippen molar-refractivity contribution in [1.82, 2.24) is 29.7 Å². The second kappa shape index (κ2) is 8.42. The second-order valence-corrected chi connectivity index (χ2v) is 12.4. The molecule has 5 heterocycles. The van der Waals surface area contributed by atoms with E-state index in [2.05, 4.69) is 10.3 Å². The molecule has 1 unspecified atom stereocenters. The van der Waals surface area contributed by atoms with Crippen molar-refractivity contribution in [3.63, 3.8) is 0 Å². The van der Waals surface area contributed by atoms with E-state index < -0.39 is 33.4 Å². The summed E-state index contributed by atoms with van der Waals surface area (Å²) >= 11 is 1.54. The van der Waals surface area contributed by atoms with Gasteiger partial charge in [0, 0.05) is 24.9 Å². The van der Waals surface area contributed by atoms with Crippen molar-refractivity contribution >= 4 is 40.5 Å². The molecule has 10 nitrogen and oxygen atoms in total. The van der Waals surface area contributed by atoms with Gasteiger partial charge in [-0.2, -0.15) is 0 Å². The Morgan fingerprint density at radius 1 is 1.08 bits per heavy atom. The van der Waals surface area contributed by atoms with Crippen LogP contribution in [0.15, 0.2) is 48.6 Å². The summed E-state index contributed by atoms with van der Waals surface area (Å²) in [4.78, 5) is 47.0. The number of likely N-dealkylation sites (N-methyl/N-ethyl adjacent to an activating group) is 1. The fourth-order valence-corrected chi connectivity index (χ4v) is 8.65. The molecule has 11 heteroatoms. The number of aromatic nitrogens is 3. The van der Waals surface area contributed by atoms with E-state index in [0.29, 0.717) is 13.1 Å². The SMILES string of the molecule is C[C@H](CO)N1C(=O)[C@@H]2[C@H]3C(=O)N(C)CC=C[C@@]3(C)S[C@@]23C=CCN(Cn2nnc4ccccc42)C(=O)C13. The number of carbonyl (C=O) groups is 3. The van der Waals surface area contributed by atoms with Crippen LogP contribution in [0, 0.1) is 11.8 Å². The number of carbonyl (C=O) groups excluding carboxylic acids is 3. The first kappa shape index (κ1) is 24.2. The maximum absolute atomic E-state index is 14.3. The Hall–Kier alpha value is -3.18. The minimum atomic E-state index is -0.936. The van der Waals surface area contributed by atoms with E-state index in [1.165, 1.54) is 16.7 Å². The Bertz CT molecular complexity index is 1360. The third kappa shape index (κ3) is 3.33. The van der Waals surface area contributed by atoms with Crippen molar-refractivity contribution in [2.24, 2.45) is 11.8 Å². The molecule has 0 radical (unpaired) electrons. The molecule has 0 saturated carbocycles. The van der Waals surface area contributed by atoms with E-state index in [1.807, 2.05) is 55.5 Å². The molecule has 4 aliphatic heterocycles. The third-order valence-electron chi connectivity index (χ3n) is 8.24. The van der Waals surface area contributed by atoms with Crippen LogP contribution in [0.5, 0.6) is 0 Å². The summed E-state index contributed by atoms with van der Waals surface area (Å²) in [5.41, 5.74) is 1.54. The summed E-state index contributed by atoms with van der Waals surface area (Å²) in [5, 5.41) is 18.5. The molecule has 2 aromatic rings. The zero-order chi connectivity index (χ0) is 26.1. The summed E-state index contributed by atoms with van der Waals surface area (Å²) in [7, 11) is 1.75. The Morgan fingerprint density at radius 3 is 2.62 bits per heavy atom. The van der Waals surface area contributed by atoms with E-state index in [1.54, 1.807) is 28.5 Å². The maximum Gasteiger partial charge on any atom is 0.248 e. The molecule has 1 N–H and O–H groups in total. The molecule has 2 fully saturated rings. The van der Waals surface area contributed by atoms with Crippen LogP contribution < -0.4 is 0 Å². The number of fused-ring (bicyclic) bond motifs is 3. The molecular formula is C26H30N6O4S. The Kier molecular flexibility index (Phi) is 5.50. The molecule has 0 bridgehead atoms. The van der Waals surface area contributed by atoms with E-state index in [4.69, 9.17) is 0 Å². The summed E-state index contributed by atoms with van der Waals surface area (Å²) in [5.74, 6) is -1.90. The quantitative estimate of drug-likeness (QED) is 0.594. The fraction of sp³-hybridized carbons (Fsp3) is 0.500. The molecule has 37 heavy (non-hydrogen) atoms. The molecule has 194 valence electrons. The smallest absolute Gasteiger partial charge is 0.248 e. The van der Waals surface area contributed by atoms with Crippen LogP contribution in [-0.2, 0) is 21.1 Å². The van der Waals surface area contributed by atoms with Gasteiger partial charge in [-0.15, -0.1) is 16.9 Å². The van der Waals surface area contributed by atoms with Crippen LogP contribution in [0.4, 0.5) is 0 Å². The molecule has 1 aromatic heterocycles. The number of hydrogen-bond donors (Lipinski definition) is 1. The minimum absolute atomic E-state index is 0.0940. The van der Waals surface area contributed by atoms with Crippen molar-refractivity contribution in [2.45, 2.75) is 42.1 Å². The normalized spacial score (nSPS) is 34.0. The third-order valence-corrected chi connectivity index (χ3v) is 10.0. The van der Waals surface area contributed by atoms with E-state index in [0.717, 1.165) is 11.0 Å². The van der Waals surface area contributed by atoms with Gasteiger partial charge in [0.2, 0.25) is 17.7 Å². The Morgan fingerprint density at radius 2 is 1.84 bits per heavy atom. The highest BCUT2D eigenvalue weighted by Gasteiger charge is 2.74. The number of thioether (sulfide) groups is 1. The van der Waals surface area contributed by atoms with Crippen LogP contribution in [0.3, 0.4) is 0 Å². The predicted octanol–water partition coefficient (Wildman–Crippen LogP) is 0.884. The molecule has 1 spiro atoms. The number of nitrogens with zero attached hydrogens (tertiary/aromatic N) is 6. The van der Waals surface area contributed by atoms with E-state index in [9.17, 15) is 19.5 Å². The van der Waals surface area contributed by atoms with Crippen LogP contribution in [0.25, 0.3) is 11.0 Å². The second-order valence-electron chi connectivity index (χ2n) is 10.6. The average Bonchev–Trinajstić information content (AvgIpc) is 3.42. The van der Waals surface area contributed by atoms with Gasteiger partial charge >= 0.3 is 0 Å². The predicted molar refractivity (Wildman–Crippen MR) is 138 cm³/mol. The van der Waals surface area contributed by atoms with Crippen LogP contribution in [0.2, 0.25) is 0 Å². The zero-order valence-electron chi connectivity index (χ0n) is 21.0. The highest BCUT2D eigenvalue weighted by Crippen LogP contribution is 2.65. The largest absolute Gasteiger partial charge is 0.394 e. The first-order valence-electron chi connectivity index (χ1n) is 12.5. The van der Waals surface area contributed by atoms with Gasteiger partial charge in [-0.1, -0.05) is 41.7 Å². The van der Waals surface area contributed by atoms with Gasteiger partial charge in [-0.25, -0.2) is 4.68 Å². The van der Waals surface area contributed by atoms with Crippen molar-refractivity contribution in [1.29, 1.82) is 0 Å². The number of benzene rings is 1. The zero-order valence-corrected chi connectivity index (χ0v) is 21.8. The van der Waals surface area contributed by atoms with Crippen molar-refractivity contribution in [3.05, 3.63) is 48.6 Å². The van der Waals surface area contributed by atoms with Crippen LogP contribution in [0.1, 0.15) is 13.8 Å². The maximum atomic E-state index is 14.3. The summed E-state index contributed by atoms with van der Waals surface area (Å²) < 4.78 is 0.104. The average molecular weight is 523 g/mol. The summed E-state index contributed by atoms with van der Waals surface area (Å²) in [6.07, 6.45) is 7.92. The Labute approximate surface area is 218 Å². The van der Waals surface area contributed by atoms with Crippen molar-refractivity contribution in [3.8, 4) is 0 Å². The highest BCUT2D eigenvalue weighted by molar-refractivity contribution is 8.02. The van der Waals surface area contributed by atoms with Gasteiger partial charge in [-0.3, -0.25) is 14.4 Å². The lowest BCUT2D eigenvalue weighted by molar-refractivity contribution is -0.147. The van der Waals surface area contributed by atoms with Crippen molar-refractivity contribution in [2.75, 3.05) is 26.7 Å². The monoisotopic (exact) mass is 522 g/mol. The number of rotatable bonds is 4. The Balaban J connectivity index is 1.45. The molecule has 2 saturated heterocycles. The minimum Gasteiger partial charge on any atom is -0.394 e. The first-order valence-corrected chi connectivity index (χ1v) is 13.3. The van der Waals surface area contributed by atoms with Crippen LogP contribution in [-0.4, -0.2) is 101 Å². The standard InChI is InChI=1S/C26H30N6O4S/c1-16(14-33)32-21-24(36)30(15-31-18-9-5-4-8-17(18)27-28-31)13-7-11-26(21)20(23(32)35)19-22(34)29(3)12-6-10-25(19,2)37-26/h4-11,16,19-21,33H,12-15H2,1-3H3/t16-,19+,20+,21?,25-,26+/m1/s1. The van der Waals surface area contributed by atoms with Gasteiger partial charge in [0.05, 0.1) is 34.7 Å². The number of likely N-dealkylation sites (tertiary alicyclic amines) is 1. The summed E-state index contributed by atoms with van der Waals surface area (Å²) in [6.45, 7) is 4.44. The molecule has 4 aliphatic rings. The number of aliphatic hydroxyl groups is 1. The van der Waals surface area contributed by atoms with Gasteiger partial charge in [0.25, 0.3) is 0 Å². The van der Waals surface area contributed by atoms with E-state index in [-0.39, 0.29) is 31.0 Å². The number of amides is 3. The van der Waals surface area contributed by atoms with Crippen molar-refractivity contribution < 1.29 is 19.5 Å². The topological polar surface area (TPSA) is 112 Å². The molecular weight excluding hydrogens is 492 g/mol. The highest BCUT2D eigenvalue weighted by atomic mass is 32.2. The molecule has 6 rings (SSSR count). The number of para-hydroxylation sites is 1. The fourth-order valence-electron chi connectivity index (χ4n) is 6.50. The lowest BCUT2D eigenvalue weighted by Gasteiger charge is -2.38. The van der Waals surface area contributed by atoms with Gasteiger partial charge < -0.3 is 19.8 Å². The first-order chi connectivity index (χ1) is 17.7. The van der Waals surface area contributed by atoms with E-state index >= 15 is 0 Å². The molecule has 0 aliphatic carbocycles. The van der Waals surface area contributed by atoms with Gasteiger partial charge in [0.1, 0.15) is 18.2 Å². The molecule has 3 amide bonds. The lowest BCUT2D eigenvalue weighted by atomic mass is 9.74. The van der Waals surface area contributed by atoms with Gasteiger partial charge in [0.15, 0.2) is 0 Å². The van der Waals surface area contributed by atoms with Gasteiger partial charge in [-0.05, 0) is 26.0 Å². The lowest BCUT2D eigenvalue weighted by Crippen LogP contribution is -2.56. The summed E-state index contributed by atoms with van der Waals surface area (Å²) in [6, 6.07) is 6.11. The number of hydrogen-bond acceptors (Lipinski definition) is 7. The molecule has 6 atom stereocenters.